The van der Waals surface area contributed by atoms with Gasteiger partial charge in [-0.25, -0.2) is 0 Å². The highest BCUT2D eigenvalue weighted by atomic mass is 16.5. The van der Waals surface area contributed by atoms with Crippen molar-refractivity contribution in [2.45, 2.75) is 57.5 Å². The standard InChI is InChI=1S/C17H23N5O2/c1-11(2)15-20-16(22-24-15)17(6-3-4-7-17)21-14(23)12-5-8-19-13(9-12)10-18/h5,8-9,11H,3-4,6-7,10,18H2,1-2H3,(H,21,23). The van der Waals surface area contributed by atoms with E-state index in [9.17, 15) is 4.79 Å². The number of amides is 1. The number of hydrogen-bond donors (Lipinski definition) is 2. The molecule has 7 nitrogen and oxygen atoms in total. The Balaban J connectivity index is 1.86. The number of carbonyl (C=O) groups is 1. The molecular formula is C17H23N5O2. The number of aromatic nitrogens is 3. The fourth-order valence-corrected chi connectivity index (χ4v) is 3.07. The van der Waals surface area contributed by atoms with E-state index in [1.165, 1.54) is 0 Å². The predicted molar refractivity (Wildman–Crippen MR) is 88.1 cm³/mol. The Morgan fingerprint density at radius 3 is 2.79 bits per heavy atom. The Bertz CT molecular complexity index is 719. The van der Waals surface area contributed by atoms with Crippen molar-refractivity contribution >= 4 is 5.91 Å². The average molecular weight is 329 g/mol. The highest BCUT2D eigenvalue weighted by molar-refractivity contribution is 5.94. The van der Waals surface area contributed by atoms with Gasteiger partial charge in [-0.15, -0.1) is 0 Å². The van der Waals surface area contributed by atoms with E-state index in [2.05, 4.69) is 20.4 Å². The normalized spacial score (nSPS) is 16.5. The Labute approximate surface area is 141 Å². The lowest BCUT2D eigenvalue weighted by atomic mass is 9.95. The zero-order valence-electron chi connectivity index (χ0n) is 14.1. The van der Waals surface area contributed by atoms with Crippen LogP contribution in [0.5, 0.6) is 0 Å². The van der Waals surface area contributed by atoms with Gasteiger partial charge in [0.15, 0.2) is 5.82 Å². The number of nitrogens with zero attached hydrogens (tertiary/aromatic N) is 3. The third-order valence-corrected chi connectivity index (χ3v) is 4.46. The van der Waals surface area contributed by atoms with Gasteiger partial charge < -0.3 is 15.6 Å². The maximum absolute atomic E-state index is 12.7. The SMILES string of the molecule is CC(C)c1nc(C2(NC(=O)c3ccnc(CN)c3)CCCC2)no1. The molecule has 0 radical (unpaired) electrons. The quantitative estimate of drug-likeness (QED) is 0.871. The molecule has 0 spiro atoms. The van der Waals surface area contributed by atoms with Crippen LogP contribution < -0.4 is 11.1 Å². The van der Waals surface area contributed by atoms with Crippen molar-refractivity contribution in [2.75, 3.05) is 0 Å². The van der Waals surface area contributed by atoms with Crippen molar-refractivity contribution in [3.8, 4) is 0 Å². The number of rotatable bonds is 5. The number of nitrogens with two attached hydrogens (primary N) is 1. The molecule has 0 saturated heterocycles. The summed E-state index contributed by atoms with van der Waals surface area (Å²) in [6.45, 7) is 4.31. The topological polar surface area (TPSA) is 107 Å². The zero-order chi connectivity index (χ0) is 17.2. The van der Waals surface area contributed by atoms with Crippen LogP contribution in [-0.4, -0.2) is 21.0 Å². The van der Waals surface area contributed by atoms with Crippen molar-refractivity contribution in [3.05, 3.63) is 41.3 Å². The molecule has 24 heavy (non-hydrogen) atoms. The summed E-state index contributed by atoms with van der Waals surface area (Å²) < 4.78 is 5.35. The number of hydrogen-bond acceptors (Lipinski definition) is 6. The molecule has 2 aromatic heterocycles. The molecule has 128 valence electrons. The summed E-state index contributed by atoms with van der Waals surface area (Å²) in [6.07, 6.45) is 5.27. The highest BCUT2D eigenvalue weighted by Gasteiger charge is 2.41. The molecule has 0 bridgehead atoms. The minimum absolute atomic E-state index is 0.160. The molecule has 1 aliphatic rings. The molecule has 0 aliphatic heterocycles. The monoisotopic (exact) mass is 329 g/mol. The van der Waals surface area contributed by atoms with Gasteiger partial charge in [-0.1, -0.05) is 31.8 Å². The van der Waals surface area contributed by atoms with Crippen LogP contribution in [0.2, 0.25) is 0 Å². The minimum atomic E-state index is -0.556. The summed E-state index contributed by atoms with van der Waals surface area (Å²) in [4.78, 5) is 21.4. The van der Waals surface area contributed by atoms with E-state index in [1.54, 1.807) is 18.3 Å². The fourth-order valence-electron chi connectivity index (χ4n) is 3.07. The van der Waals surface area contributed by atoms with Crippen LogP contribution in [0.4, 0.5) is 0 Å². The predicted octanol–water partition coefficient (Wildman–Crippen LogP) is 2.25. The van der Waals surface area contributed by atoms with E-state index < -0.39 is 5.54 Å². The first-order valence-corrected chi connectivity index (χ1v) is 8.36. The molecule has 1 fully saturated rings. The smallest absolute Gasteiger partial charge is 0.252 e. The van der Waals surface area contributed by atoms with Crippen LogP contribution in [0.15, 0.2) is 22.9 Å². The van der Waals surface area contributed by atoms with Gasteiger partial charge in [-0.3, -0.25) is 9.78 Å². The summed E-state index contributed by atoms with van der Waals surface area (Å²) in [7, 11) is 0. The lowest BCUT2D eigenvalue weighted by Crippen LogP contribution is -2.44. The van der Waals surface area contributed by atoms with E-state index in [-0.39, 0.29) is 11.8 Å². The summed E-state index contributed by atoms with van der Waals surface area (Å²) in [5.74, 6) is 1.17. The molecule has 1 aliphatic carbocycles. The second-order valence-corrected chi connectivity index (χ2v) is 6.59. The fraction of sp³-hybridized carbons (Fsp3) is 0.529. The first kappa shape index (κ1) is 16.6. The summed E-state index contributed by atoms with van der Waals surface area (Å²) in [6, 6.07) is 3.40. The highest BCUT2D eigenvalue weighted by Crippen LogP contribution is 2.38. The van der Waals surface area contributed by atoms with Crippen molar-refractivity contribution in [2.24, 2.45) is 5.73 Å². The summed E-state index contributed by atoms with van der Waals surface area (Å²) in [5, 5.41) is 7.27. The van der Waals surface area contributed by atoms with Gasteiger partial charge in [0, 0.05) is 24.2 Å². The van der Waals surface area contributed by atoms with Gasteiger partial charge in [-0.05, 0) is 25.0 Å². The third kappa shape index (κ3) is 3.17. The molecular weight excluding hydrogens is 306 g/mol. The Morgan fingerprint density at radius 1 is 1.42 bits per heavy atom. The molecule has 7 heteroatoms. The van der Waals surface area contributed by atoms with Gasteiger partial charge in [0.25, 0.3) is 5.91 Å². The molecule has 3 rings (SSSR count). The van der Waals surface area contributed by atoms with Crippen LogP contribution >= 0.6 is 0 Å². The zero-order valence-corrected chi connectivity index (χ0v) is 14.1. The second kappa shape index (κ2) is 6.68. The molecule has 0 atom stereocenters. The average Bonchev–Trinajstić information content (AvgIpc) is 3.25. The van der Waals surface area contributed by atoms with Crippen LogP contribution in [0.25, 0.3) is 0 Å². The van der Waals surface area contributed by atoms with E-state index >= 15 is 0 Å². The molecule has 0 aromatic carbocycles. The maximum atomic E-state index is 12.7. The van der Waals surface area contributed by atoms with Crippen molar-refractivity contribution in [3.63, 3.8) is 0 Å². The molecule has 2 heterocycles. The number of carbonyl (C=O) groups excluding carboxylic acids is 1. The van der Waals surface area contributed by atoms with Crippen molar-refractivity contribution < 1.29 is 9.32 Å². The Morgan fingerprint density at radius 2 is 2.17 bits per heavy atom. The van der Waals surface area contributed by atoms with Gasteiger partial charge in [0.1, 0.15) is 5.54 Å². The van der Waals surface area contributed by atoms with E-state index in [0.717, 1.165) is 25.7 Å². The van der Waals surface area contributed by atoms with E-state index in [0.29, 0.717) is 29.5 Å². The van der Waals surface area contributed by atoms with E-state index in [1.807, 2.05) is 13.8 Å². The van der Waals surface area contributed by atoms with Gasteiger partial charge in [0.2, 0.25) is 5.89 Å². The minimum Gasteiger partial charge on any atom is -0.339 e. The Kier molecular flexibility index (Phi) is 4.62. The lowest BCUT2D eigenvalue weighted by molar-refractivity contribution is 0.0891. The van der Waals surface area contributed by atoms with Gasteiger partial charge in [-0.2, -0.15) is 4.98 Å². The van der Waals surface area contributed by atoms with E-state index in [4.69, 9.17) is 10.3 Å². The second-order valence-electron chi connectivity index (χ2n) is 6.59. The summed E-state index contributed by atoms with van der Waals surface area (Å²) in [5.41, 5.74) is 6.28. The lowest BCUT2D eigenvalue weighted by Gasteiger charge is -2.26. The van der Waals surface area contributed by atoms with Crippen molar-refractivity contribution in [1.82, 2.24) is 20.4 Å². The van der Waals surface area contributed by atoms with Gasteiger partial charge in [0.05, 0.1) is 5.69 Å². The first-order chi connectivity index (χ1) is 11.5. The van der Waals surface area contributed by atoms with Crippen LogP contribution in [0, 0.1) is 0 Å². The first-order valence-electron chi connectivity index (χ1n) is 8.36. The maximum Gasteiger partial charge on any atom is 0.252 e. The van der Waals surface area contributed by atoms with Crippen LogP contribution in [0.3, 0.4) is 0 Å². The van der Waals surface area contributed by atoms with Crippen LogP contribution in [0.1, 0.15) is 73.2 Å². The molecule has 1 amide bonds. The van der Waals surface area contributed by atoms with Crippen molar-refractivity contribution in [1.29, 1.82) is 0 Å². The summed E-state index contributed by atoms with van der Waals surface area (Å²) >= 11 is 0. The third-order valence-electron chi connectivity index (χ3n) is 4.46. The molecule has 2 aromatic rings. The van der Waals surface area contributed by atoms with Crippen LogP contribution in [-0.2, 0) is 12.1 Å². The number of pyridine rings is 1. The molecule has 1 saturated carbocycles. The molecule has 0 unspecified atom stereocenters. The largest absolute Gasteiger partial charge is 0.339 e. The number of nitrogens with one attached hydrogen (secondary N) is 1. The van der Waals surface area contributed by atoms with Gasteiger partial charge >= 0.3 is 0 Å². The molecule has 3 N–H and O–H groups in total. The Hall–Kier alpha value is -2.28.